The first-order valence-electron chi connectivity index (χ1n) is 6.70. The fraction of sp³-hybridized carbons (Fsp3) is 0.615. The van der Waals surface area contributed by atoms with Gasteiger partial charge in [0.15, 0.2) is 5.82 Å². The van der Waals surface area contributed by atoms with Crippen LogP contribution in [0.25, 0.3) is 0 Å². The van der Waals surface area contributed by atoms with E-state index in [1.165, 1.54) is 7.11 Å². The predicted molar refractivity (Wildman–Crippen MR) is 79.4 cm³/mol. The molecule has 116 valence electrons. The van der Waals surface area contributed by atoms with E-state index >= 15 is 0 Å². The summed E-state index contributed by atoms with van der Waals surface area (Å²) in [5.41, 5.74) is 7.21. The van der Waals surface area contributed by atoms with Crippen molar-refractivity contribution in [1.29, 1.82) is 0 Å². The summed E-state index contributed by atoms with van der Waals surface area (Å²) in [6, 6.07) is -0.488. The molecule has 8 heteroatoms. The molecule has 2 heterocycles. The number of anilines is 2. The molecule has 1 aliphatic heterocycles. The number of halogens is 1. The third-order valence-electron chi connectivity index (χ3n) is 3.65. The van der Waals surface area contributed by atoms with E-state index in [-0.39, 0.29) is 17.4 Å². The number of carbonyl (C=O) groups is 1. The van der Waals surface area contributed by atoms with Crippen LogP contribution in [-0.2, 0) is 20.7 Å². The van der Waals surface area contributed by atoms with Crippen molar-refractivity contribution in [3.8, 4) is 0 Å². The third kappa shape index (κ3) is 3.03. The number of aryl methyl sites for hydroxylation is 1. The summed E-state index contributed by atoms with van der Waals surface area (Å²) < 4.78 is 10.2. The van der Waals surface area contributed by atoms with Gasteiger partial charge in [0, 0.05) is 20.1 Å². The zero-order valence-electron chi connectivity index (χ0n) is 12.3. The Morgan fingerprint density at radius 1 is 1.48 bits per heavy atom. The fourth-order valence-corrected chi connectivity index (χ4v) is 2.71. The molecule has 2 atom stereocenters. The van der Waals surface area contributed by atoms with Gasteiger partial charge in [-0.15, -0.1) is 0 Å². The van der Waals surface area contributed by atoms with Gasteiger partial charge in [-0.3, -0.25) is 0 Å². The van der Waals surface area contributed by atoms with E-state index < -0.39 is 6.04 Å². The number of carbonyl (C=O) groups excluding carboxylic acids is 1. The molecular weight excluding hydrogens is 296 g/mol. The molecule has 1 aromatic heterocycles. The van der Waals surface area contributed by atoms with Gasteiger partial charge in [0.25, 0.3) is 0 Å². The maximum Gasteiger partial charge on any atom is 0.328 e. The number of aromatic nitrogens is 2. The first-order valence-corrected chi connectivity index (χ1v) is 7.08. The van der Waals surface area contributed by atoms with Gasteiger partial charge in [0.05, 0.1) is 24.6 Å². The first kappa shape index (κ1) is 15.8. The minimum absolute atomic E-state index is 0.0904. The normalized spacial score (nSPS) is 21.6. The topological polar surface area (TPSA) is 90.6 Å². The predicted octanol–water partition coefficient (Wildman–Crippen LogP) is 1.04. The zero-order chi connectivity index (χ0) is 15.6. The van der Waals surface area contributed by atoms with Crippen LogP contribution >= 0.6 is 11.6 Å². The number of esters is 1. The lowest BCUT2D eigenvalue weighted by molar-refractivity contribution is -0.142. The van der Waals surface area contributed by atoms with E-state index in [9.17, 15) is 4.79 Å². The van der Waals surface area contributed by atoms with Gasteiger partial charge < -0.3 is 20.1 Å². The summed E-state index contributed by atoms with van der Waals surface area (Å²) in [7, 11) is 2.96. The molecule has 0 aromatic carbocycles. The smallest absolute Gasteiger partial charge is 0.328 e. The first-order chi connectivity index (χ1) is 10.0. The summed E-state index contributed by atoms with van der Waals surface area (Å²) in [5.74, 6) is 0.114. The lowest BCUT2D eigenvalue weighted by Crippen LogP contribution is -2.38. The molecule has 0 amide bonds. The molecule has 0 spiro atoms. The monoisotopic (exact) mass is 314 g/mol. The molecule has 21 heavy (non-hydrogen) atoms. The largest absolute Gasteiger partial charge is 0.467 e. The maximum atomic E-state index is 12.0. The van der Waals surface area contributed by atoms with Crippen LogP contribution in [0.3, 0.4) is 0 Å². The number of hydrogen-bond acceptors (Lipinski definition) is 7. The molecule has 1 fully saturated rings. The number of nitrogens with zero attached hydrogens (tertiary/aromatic N) is 3. The van der Waals surface area contributed by atoms with E-state index in [0.717, 1.165) is 0 Å². The maximum absolute atomic E-state index is 12.0. The Bertz CT molecular complexity index is 540. The second kappa shape index (κ2) is 6.44. The fourth-order valence-electron chi connectivity index (χ4n) is 2.52. The Kier molecular flexibility index (Phi) is 4.84. The van der Waals surface area contributed by atoms with E-state index in [2.05, 4.69) is 9.97 Å². The van der Waals surface area contributed by atoms with Gasteiger partial charge in [0.2, 0.25) is 5.28 Å². The SMILES string of the molecule is CCc1nc(Cl)nc(N2CC(OC)CC2C(=O)OC)c1N. The quantitative estimate of drug-likeness (QED) is 0.656. The molecule has 1 aliphatic rings. The molecule has 2 unspecified atom stereocenters. The standard InChI is InChI=1S/C13H19ClN4O3/c1-4-8-10(15)11(17-13(14)16-8)18-6-7(20-2)5-9(18)12(19)21-3/h7,9H,4-6,15H2,1-3H3. The van der Waals surface area contributed by atoms with Gasteiger partial charge in [-0.1, -0.05) is 6.92 Å². The minimum Gasteiger partial charge on any atom is -0.467 e. The lowest BCUT2D eigenvalue weighted by Gasteiger charge is -2.25. The highest BCUT2D eigenvalue weighted by molar-refractivity contribution is 6.28. The van der Waals surface area contributed by atoms with E-state index in [4.69, 9.17) is 26.8 Å². The number of nitrogens with two attached hydrogens (primary N) is 1. The van der Waals surface area contributed by atoms with Crippen molar-refractivity contribution in [3.05, 3.63) is 11.0 Å². The third-order valence-corrected chi connectivity index (χ3v) is 3.82. The van der Waals surface area contributed by atoms with E-state index in [1.54, 1.807) is 12.0 Å². The summed E-state index contributed by atoms with van der Waals surface area (Å²) >= 11 is 5.96. The second-order valence-corrected chi connectivity index (χ2v) is 5.15. The summed E-state index contributed by atoms with van der Waals surface area (Å²) in [4.78, 5) is 22.1. The molecule has 2 rings (SSSR count). The number of ether oxygens (including phenoxy) is 2. The summed E-state index contributed by atoms with van der Waals surface area (Å²) in [6.07, 6.45) is 1.06. The Morgan fingerprint density at radius 2 is 2.19 bits per heavy atom. The molecule has 0 radical (unpaired) electrons. The Morgan fingerprint density at radius 3 is 2.76 bits per heavy atom. The molecular formula is C13H19ClN4O3. The molecule has 0 bridgehead atoms. The van der Waals surface area contributed by atoms with Crippen LogP contribution in [0.2, 0.25) is 5.28 Å². The van der Waals surface area contributed by atoms with Crippen LogP contribution in [0.15, 0.2) is 0 Å². The summed E-state index contributed by atoms with van der Waals surface area (Å²) in [5, 5.41) is 0.112. The molecule has 1 aromatic rings. The Balaban J connectivity index is 2.43. The van der Waals surface area contributed by atoms with Crippen molar-refractivity contribution in [1.82, 2.24) is 9.97 Å². The number of hydrogen-bond donors (Lipinski definition) is 1. The van der Waals surface area contributed by atoms with Crippen LogP contribution in [0, 0.1) is 0 Å². The second-order valence-electron chi connectivity index (χ2n) is 4.81. The van der Waals surface area contributed by atoms with Crippen LogP contribution in [0.5, 0.6) is 0 Å². The van der Waals surface area contributed by atoms with Gasteiger partial charge in [-0.2, -0.15) is 4.98 Å². The Hall–Kier alpha value is -1.60. The van der Waals surface area contributed by atoms with Crippen molar-refractivity contribution in [2.75, 3.05) is 31.4 Å². The molecule has 2 N–H and O–H groups in total. The van der Waals surface area contributed by atoms with Gasteiger partial charge in [-0.05, 0) is 18.0 Å². The number of methoxy groups -OCH3 is 2. The zero-order valence-corrected chi connectivity index (χ0v) is 13.1. The van der Waals surface area contributed by atoms with E-state index in [1.807, 2.05) is 6.92 Å². The minimum atomic E-state index is -0.488. The van der Waals surface area contributed by atoms with Gasteiger partial charge >= 0.3 is 5.97 Å². The van der Waals surface area contributed by atoms with Crippen molar-refractivity contribution in [3.63, 3.8) is 0 Å². The molecule has 0 aliphatic carbocycles. The highest BCUT2D eigenvalue weighted by Crippen LogP contribution is 2.32. The van der Waals surface area contributed by atoms with E-state index in [0.29, 0.717) is 36.6 Å². The number of rotatable bonds is 4. The van der Waals surface area contributed by atoms with Crippen molar-refractivity contribution >= 4 is 29.1 Å². The van der Waals surface area contributed by atoms with Gasteiger partial charge in [0.1, 0.15) is 6.04 Å². The van der Waals surface area contributed by atoms with Crippen LogP contribution in [0.1, 0.15) is 19.0 Å². The van der Waals surface area contributed by atoms with Crippen LogP contribution < -0.4 is 10.6 Å². The highest BCUT2D eigenvalue weighted by atomic mass is 35.5. The van der Waals surface area contributed by atoms with Crippen LogP contribution in [0.4, 0.5) is 11.5 Å². The lowest BCUT2D eigenvalue weighted by atomic mass is 10.2. The summed E-state index contributed by atoms with van der Waals surface area (Å²) in [6.45, 7) is 2.43. The molecule has 7 nitrogen and oxygen atoms in total. The average Bonchev–Trinajstić information content (AvgIpc) is 2.92. The van der Waals surface area contributed by atoms with Crippen molar-refractivity contribution in [2.45, 2.75) is 31.9 Å². The molecule has 1 saturated heterocycles. The number of nitrogen functional groups attached to an aromatic ring is 1. The van der Waals surface area contributed by atoms with Crippen LogP contribution in [-0.4, -0.2) is 48.8 Å². The Labute approximate surface area is 128 Å². The molecule has 0 saturated carbocycles. The van der Waals surface area contributed by atoms with Crippen molar-refractivity contribution < 1.29 is 14.3 Å². The highest BCUT2D eigenvalue weighted by Gasteiger charge is 2.39. The average molecular weight is 315 g/mol. The van der Waals surface area contributed by atoms with Crippen molar-refractivity contribution in [2.24, 2.45) is 0 Å². The van der Waals surface area contributed by atoms with Gasteiger partial charge in [-0.25, -0.2) is 9.78 Å².